The fourth-order valence-corrected chi connectivity index (χ4v) is 3.32. The lowest BCUT2D eigenvalue weighted by molar-refractivity contribution is -0.140. The summed E-state index contributed by atoms with van der Waals surface area (Å²) in [6, 6.07) is 5.42. The molecule has 0 aliphatic carbocycles. The molecule has 0 radical (unpaired) electrons. The monoisotopic (exact) mass is 313 g/mol. The highest BCUT2D eigenvalue weighted by Crippen LogP contribution is 2.15. The zero-order chi connectivity index (χ0) is 16.2. The third-order valence-electron chi connectivity index (χ3n) is 3.09. The topological polar surface area (TPSA) is 83.5 Å². The highest BCUT2D eigenvalue weighted by atomic mass is 32.2. The molecule has 1 rings (SSSR count). The first kappa shape index (κ1) is 17.7. The lowest BCUT2D eigenvalue weighted by atomic mass is 10.0. The maximum absolute atomic E-state index is 12.2. The second-order valence-electron chi connectivity index (χ2n) is 5.92. The summed E-state index contributed by atoms with van der Waals surface area (Å²) in [5, 5.41) is 9.07. The lowest BCUT2D eigenvalue weighted by Crippen LogP contribution is -2.44. The van der Waals surface area contributed by atoms with Crippen molar-refractivity contribution in [3.05, 3.63) is 29.8 Å². The Balaban J connectivity index is 2.95. The Bertz CT molecular complexity index is 576. The SMILES string of the molecule is CC(C)Cc1ccc(S(=O)(=O)NC(C(=O)O)C(C)C)cc1. The molecule has 6 heteroatoms. The summed E-state index contributed by atoms with van der Waals surface area (Å²) in [5.41, 5.74) is 1.06. The van der Waals surface area contributed by atoms with Gasteiger partial charge in [-0.15, -0.1) is 0 Å². The van der Waals surface area contributed by atoms with Crippen LogP contribution in [0.1, 0.15) is 33.3 Å². The Kier molecular flexibility index (Phi) is 5.92. The molecule has 118 valence electrons. The molecule has 1 aromatic carbocycles. The van der Waals surface area contributed by atoms with Gasteiger partial charge in [-0.3, -0.25) is 4.79 Å². The van der Waals surface area contributed by atoms with Gasteiger partial charge in [0.15, 0.2) is 0 Å². The number of carboxylic acids is 1. The Morgan fingerprint density at radius 1 is 1.14 bits per heavy atom. The van der Waals surface area contributed by atoms with Gasteiger partial charge in [0, 0.05) is 0 Å². The molecule has 21 heavy (non-hydrogen) atoms. The molecular formula is C15H23NO4S. The molecule has 5 nitrogen and oxygen atoms in total. The molecule has 2 N–H and O–H groups in total. The minimum atomic E-state index is -3.83. The van der Waals surface area contributed by atoms with Crippen molar-refractivity contribution in [3.8, 4) is 0 Å². The predicted molar refractivity (Wildman–Crippen MR) is 81.6 cm³/mol. The van der Waals surface area contributed by atoms with Crippen LogP contribution in [0.5, 0.6) is 0 Å². The van der Waals surface area contributed by atoms with Crippen LogP contribution < -0.4 is 4.72 Å². The zero-order valence-electron chi connectivity index (χ0n) is 12.8. The molecule has 0 spiro atoms. The van der Waals surface area contributed by atoms with E-state index in [1.54, 1.807) is 26.0 Å². The van der Waals surface area contributed by atoms with Gasteiger partial charge in [-0.25, -0.2) is 8.42 Å². The molecular weight excluding hydrogens is 290 g/mol. The zero-order valence-corrected chi connectivity index (χ0v) is 13.6. The summed E-state index contributed by atoms with van der Waals surface area (Å²) in [6.45, 7) is 7.50. The Labute approximate surface area is 126 Å². The van der Waals surface area contributed by atoms with Crippen LogP contribution in [0.3, 0.4) is 0 Å². The minimum Gasteiger partial charge on any atom is -0.480 e. The molecule has 0 saturated carbocycles. The van der Waals surface area contributed by atoms with Crippen LogP contribution in [0.4, 0.5) is 0 Å². The van der Waals surface area contributed by atoms with Crippen molar-refractivity contribution in [1.29, 1.82) is 0 Å². The molecule has 1 atom stereocenters. The van der Waals surface area contributed by atoms with Crippen molar-refractivity contribution in [2.75, 3.05) is 0 Å². The van der Waals surface area contributed by atoms with Gasteiger partial charge in [0.1, 0.15) is 6.04 Å². The van der Waals surface area contributed by atoms with Crippen molar-refractivity contribution >= 4 is 16.0 Å². The number of rotatable bonds is 7. The van der Waals surface area contributed by atoms with E-state index < -0.39 is 22.0 Å². The van der Waals surface area contributed by atoms with Crippen LogP contribution >= 0.6 is 0 Å². The standard InChI is InChI=1S/C15H23NO4S/c1-10(2)9-12-5-7-13(8-6-12)21(19,20)16-14(11(3)4)15(17)18/h5-8,10-11,14,16H,9H2,1-4H3,(H,17,18). The van der Waals surface area contributed by atoms with Crippen LogP contribution in [0.25, 0.3) is 0 Å². The van der Waals surface area contributed by atoms with Gasteiger partial charge in [-0.1, -0.05) is 39.8 Å². The molecule has 1 aromatic rings. The highest BCUT2D eigenvalue weighted by Gasteiger charge is 2.27. The average Bonchev–Trinajstić information content (AvgIpc) is 2.35. The Hall–Kier alpha value is -1.40. The summed E-state index contributed by atoms with van der Waals surface area (Å²) in [4.78, 5) is 11.2. The highest BCUT2D eigenvalue weighted by molar-refractivity contribution is 7.89. The number of carbonyl (C=O) groups is 1. The normalized spacial score (nSPS) is 13.6. The van der Waals surface area contributed by atoms with E-state index in [0.717, 1.165) is 12.0 Å². The number of nitrogens with one attached hydrogen (secondary N) is 1. The second-order valence-corrected chi connectivity index (χ2v) is 7.64. The van der Waals surface area contributed by atoms with E-state index in [9.17, 15) is 13.2 Å². The van der Waals surface area contributed by atoms with E-state index in [-0.39, 0.29) is 10.8 Å². The van der Waals surface area contributed by atoms with Gasteiger partial charge in [-0.2, -0.15) is 4.72 Å². The van der Waals surface area contributed by atoms with E-state index >= 15 is 0 Å². The van der Waals surface area contributed by atoms with Crippen molar-refractivity contribution in [3.63, 3.8) is 0 Å². The first-order chi connectivity index (χ1) is 9.63. The minimum absolute atomic E-state index is 0.0851. The number of benzene rings is 1. The molecule has 0 amide bonds. The summed E-state index contributed by atoms with van der Waals surface area (Å²) < 4.78 is 26.7. The van der Waals surface area contributed by atoms with Crippen molar-refractivity contribution < 1.29 is 18.3 Å². The van der Waals surface area contributed by atoms with E-state index in [1.807, 2.05) is 0 Å². The van der Waals surface area contributed by atoms with Gasteiger partial charge in [0.25, 0.3) is 0 Å². The summed E-state index contributed by atoms with van der Waals surface area (Å²) in [5.74, 6) is -1.02. The number of hydrogen-bond donors (Lipinski definition) is 2. The molecule has 1 unspecified atom stereocenters. The van der Waals surface area contributed by atoms with Gasteiger partial charge < -0.3 is 5.11 Å². The maximum atomic E-state index is 12.2. The van der Waals surface area contributed by atoms with Gasteiger partial charge in [-0.05, 0) is 36.0 Å². The van der Waals surface area contributed by atoms with Crippen LogP contribution in [0.2, 0.25) is 0 Å². The summed E-state index contributed by atoms with van der Waals surface area (Å²) in [6.07, 6.45) is 0.873. The van der Waals surface area contributed by atoms with Crippen LogP contribution in [-0.4, -0.2) is 25.5 Å². The molecule has 0 saturated heterocycles. The van der Waals surface area contributed by atoms with Gasteiger partial charge in [0.05, 0.1) is 4.90 Å². The third kappa shape index (κ3) is 5.13. The smallest absolute Gasteiger partial charge is 0.322 e. The molecule has 0 aliphatic rings. The van der Waals surface area contributed by atoms with Crippen molar-refractivity contribution in [2.24, 2.45) is 11.8 Å². The van der Waals surface area contributed by atoms with Crippen LogP contribution in [0.15, 0.2) is 29.2 Å². The number of sulfonamides is 1. The Morgan fingerprint density at radius 2 is 1.67 bits per heavy atom. The van der Waals surface area contributed by atoms with Gasteiger partial charge in [0.2, 0.25) is 10.0 Å². The van der Waals surface area contributed by atoms with Crippen LogP contribution in [-0.2, 0) is 21.2 Å². The van der Waals surface area contributed by atoms with Crippen molar-refractivity contribution in [1.82, 2.24) is 4.72 Å². The molecule has 0 bridgehead atoms. The molecule has 0 aromatic heterocycles. The van der Waals surface area contributed by atoms with E-state index in [1.165, 1.54) is 12.1 Å². The average molecular weight is 313 g/mol. The predicted octanol–water partition coefficient (Wildman–Crippen LogP) is 2.27. The van der Waals surface area contributed by atoms with E-state index in [0.29, 0.717) is 5.92 Å². The fraction of sp³-hybridized carbons (Fsp3) is 0.533. The third-order valence-corrected chi connectivity index (χ3v) is 4.55. The fourth-order valence-electron chi connectivity index (χ4n) is 1.98. The first-order valence-electron chi connectivity index (χ1n) is 6.97. The summed E-state index contributed by atoms with van der Waals surface area (Å²) >= 11 is 0. The lowest BCUT2D eigenvalue weighted by Gasteiger charge is -2.18. The van der Waals surface area contributed by atoms with E-state index in [2.05, 4.69) is 18.6 Å². The first-order valence-corrected chi connectivity index (χ1v) is 8.46. The van der Waals surface area contributed by atoms with Gasteiger partial charge >= 0.3 is 5.97 Å². The number of aliphatic carboxylic acids is 1. The number of carboxylic acid groups (broad SMARTS) is 1. The second kappa shape index (κ2) is 7.04. The van der Waals surface area contributed by atoms with Crippen LogP contribution in [0, 0.1) is 11.8 Å². The van der Waals surface area contributed by atoms with Crippen molar-refractivity contribution in [2.45, 2.75) is 45.1 Å². The number of hydrogen-bond acceptors (Lipinski definition) is 3. The quantitative estimate of drug-likeness (QED) is 0.809. The van der Waals surface area contributed by atoms with E-state index in [4.69, 9.17) is 5.11 Å². The molecule has 0 fully saturated rings. The maximum Gasteiger partial charge on any atom is 0.322 e. The Morgan fingerprint density at radius 3 is 2.05 bits per heavy atom. The molecule has 0 aliphatic heterocycles. The molecule has 0 heterocycles. The largest absolute Gasteiger partial charge is 0.480 e. The summed E-state index contributed by atoms with van der Waals surface area (Å²) in [7, 11) is -3.83.